The fourth-order valence-electron chi connectivity index (χ4n) is 1.49. The summed E-state index contributed by atoms with van der Waals surface area (Å²) >= 11 is 10.6. The molecule has 0 saturated heterocycles. The molecular formula is C15H12BrClN2O3S. The lowest BCUT2D eigenvalue weighted by Gasteiger charge is -2.09. The van der Waals surface area contributed by atoms with E-state index in [2.05, 4.69) is 26.8 Å². The molecule has 1 heterocycles. The van der Waals surface area contributed by atoms with Gasteiger partial charge in [0, 0.05) is 16.0 Å². The van der Waals surface area contributed by atoms with Gasteiger partial charge < -0.3 is 4.74 Å². The molecule has 0 aliphatic carbocycles. The molecule has 0 fully saturated rings. The molecule has 0 saturated carbocycles. The highest BCUT2D eigenvalue weighted by Crippen LogP contribution is 2.27. The predicted octanol–water partition coefficient (Wildman–Crippen LogP) is 3.40. The zero-order chi connectivity index (χ0) is 16.7. The number of halogens is 2. The summed E-state index contributed by atoms with van der Waals surface area (Å²) in [4.78, 5) is 24.1. The summed E-state index contributed by atoms with van der Waals surface area (Å²) in [6.45, 7) is -0.241. The van der Waals surface area contributed by atoms with Crippen molar-refractivity contribution in [2.75, 3.05) is 6.61 Å². The van der Waals surface area contributed by atoms with Gasteiger partial charge in [-0.05, 0) is 51.7 Å². The van der Waals surface area contributed by atoms with Crippen molar-refractivity contribution in [3.8, 4) is 5.75 Å². The van der Waals surface area contributed by atoms with Gasteiger partial charge in [-0.15, -0.1) is 11.3 Å². The molecule has 1 aromatic carbocycles. The number of ether oxygens (including phenoxy) is 1. The van der Waals surface area contributed by atoms with E-state index in [1.165, 1.54) is 17.4 Å². The Hall–Kier alpha value is -1.83. The van der Waals surface area contributed by atoms with Crippen LogP contribution < -0.4 is 15.6 Å². The summed E-state index contributed by atoms with van der Waals surface area (Å²) in [5.74, 6) is -0.433. The Kier molecular flexibility index (Phi) is 6.64. The van der Waals surface area contributed by atoms with Gasteiger partial charge in [0.1, 0.15) is 5.75 Å². The maximum absolute atomic E-state index is 11.6. The van der Waals surface area contributed by atoms with Crippen molar-refractivity contribution in [2.24, 2.45) is 0 Å². The summed E-state index contributed by atoms with van der Waals surface area (Å²) in [7, 11) is 0. The summed E-state index contributed by atoms with van der Waals surface area (Å²) in [5, 5.41) is 2.46. The number of benzene rings is 1. The standard InChI is InChI=1S/C15H12BrClN2O3S/c16-12-8-10(17)3-5-13(12)22-9-15(21)19-18-14(20)6-4-11-2-1-7-23-11/h1-8H,9H2,(H,18,20)(H,19,21)/b6-4+. The van der Waals surface area contributed by atoms with Crippen molar-refractivity contribution in [1.82, 2.24) is 10.9 Å². The number of thiophene rings is 1. The smallest absolute Gasteiger partial charge is 0.276 e. The molecule has 0 radical (unpaired) electrons. The van der Waals surface area contributed by atoms with E-state index in [4.69, 9.17) is 16.3 Å². The average Bonchev–Trinajstić information content (AvgIpc) is 3.03. The van der Waals surface area contributed by atoms with Gasteiger partial charge in [0.05, 0.1) is 4.47 Å². The Morgan fingerprint density at radius 2 is 2.13 bits per heavy atom. The van der Waals surface area contributed by atoms with E-state index in [1.807, 2.05) is 17.5 Å². The molecule has 0 aliphatic heterocycles. The van der Waals surface area contributed by atoms with Crippen LogP contribution in [0.5, 0.6) is 5.75 Å². The van der Waals surface area contributed by atoms with Crippen LogP contribution in [0.15, 0.2) is 46.3 Å². The molecule has 2 amide bonds. The summed E-state index contributed by atoms with van der Waals surface area (Å²) < 4.78 is 5.96. The number of nitrogens with one attached hydrogen (secondary N) is 2. The Balaban J connectivity index is 1.73. The van der Waals surface area contributed by atoms with Crippen molar-refractivity contribution in [3.05, 3.63) is 56.2 Å². The highest BCUT2D eigenvalue weighted by atomic mass is 79.9. The first-order chi connectivity index (χ1) is 11.0. The Morgan fingerprint density at radius 3 is 2.83 bits per heavy atom. The Labute approximate surface area is 150 Å². The molecule has 2 rings (SSSR count). The second kappa shape index (κ2) is 8.71. The highest BCUT2D eigenvalue weighted by Gasteiger charge is 2.06. The lowest BCUT2D eigenvalue weighted by atomic mass is 10.3. The van der Waals surface area contributed by atoms with Gasteiger partial charge in [-0.2, -0.15) is 0 Å². The second-order valence-electron chi connectivity index (χ2n) is 4.25. The topological polar surface area (TPSA) is 67.4 Å². The normalized spacial score (nSPS) is 10.5. The summed E-state index contributed by atoms with van der Waals surface area (Å²) in [6.07, 6.45) is 3.00. The van der Waals surface area contributed by atoms with Gasteiger partial charge in [0.15, 0.2) is 6.61 Å². The van der Waals surface area contributed by atoms with E-state index >= 15 is 0 Å². The van der Waals surface area contributed by atoms with Crippen LogP contribution in [0.25, 0.3) is 6.08 Å². The molecule has 1 aromatic heterocycles. The fourth-order valence-corrected chi connectivity index (χ4v) is 2.90. The first-order valence-corrected chi connectivity index (χ1v) is 8.48. The first-order valence-electron chi connectivity index (χ1n) is 6.43. The third kappa shape index (κ3) is 6.05. The molecule has 5 nitrogen and oxygen atoms in total. The van der Waals surface area contributed by atoms with E-state index in [1.54, 1.807) is 24.3 Å². The molecule has 2 N–H and O–H groups in total. The molecule has 0 bridgehead atoms. The number of hydrazine groups is 1. The largest absolute Gasteiger partial charge is 0.483 e. The minimum Gasteiger partial charge on any atom is -0.483 e. The third-order valence-electron chi connectivity index (χ3n) is 2.52. The van der Waals surface area contributed by atoms with Crippen LogP contribution in [0, 0.1) is 0 Å². The minimum atomic E-state index is -0.482. The van der Waals surface area contributed by atoms with Crippen LogP contribution in [0.3, 0.4) is 0 Å². The lowest BCUT2D eigenvalue weighted by Crippen LogP contribution is -2.43. The van der Waals surface area contributed by atoms with Gasteiger partial charge in [-0.3, -0.25) is 20.4 Å². The fraction of sp³-hybridized carbons (Fsp3) is 0.0667. The SMILES string of the molecule is O=C(/C=C/c1cccs1)NNC(=O)COc1ccc(Cl)cc1Br. The summed E-state index contributed by atoms with van der Waals surface area (Å²) in [5.41, 5.74) is 4.53. The number of rotatable bonds is 5. The molecule has 8 heteroatoms. The molecule has 0 atom stereocenters. The first kappa shape index (κ1) is 17.5. The highest BCUT2D eigenvalue weighted by molar-refractivity contribution is 9.10. The summed E-state index contributed by atoms with van der Waals surface area (Å²) in [6, 6.07) is 8.71. The maximum atomic E-state index is 11.6. The number of hydrogen-bond acceptors (Lipinski definition) is 4. The van der Waals surface area contributed by atoms with E-state index in [9.17, 15) is 9.59 Å². The van der Waals surface area contributed by atoms with E-state index in [0.29, 0.717) is 15.2 Å². The predicted molar refractivity (Wildman–Crippen MR) is 94.3 cm³/mol. The van der Waals surface area contributed by atoms with Crippen molar-refractivity contribution in [3.63, 3.8) is 0 Å². The zero-order valence-corrected chi connectivity index (χ0v) is 14.9. The van der Waals surface area contributed by atoms with Crippen LogP contribution in [0.2, 0.25) is 5.02 Å². The van der Waals surface area contributed by atoms with Crippen LogP contribution >= 0.6 is 38.9 Å². The van der Waals surface area contributed by atoms with Gasteiger partial charge in [0.25, 0.3) is 11.8 Å². The molecule has 0 aliphatic rings. The van der Waals surface area contributed by atoms with Gasteiger partial charge in [0.2, 0.25) is 0 Å². The van der Waals surface area contributed by atoms with Crippen LogP contribution in [0.1, 0.15) is 4.88 Å². The molecule has 0 unspecified atom stereocenters. The second-order valence-corrected chi connectivity index (χ2v) is 6.52. The molecule has 0 spiro atoms. The number of carbonyl (C=O) groups is 2. The molecular weight excluding hydrogens is 404 g/mol. The van der Waals surface area contributed by atoms with Crippen molar-refractivity contribution in [1.29, 1.82) is 0 Å². The lowest BCUT2D eigenvalue weighted by molar-refractivity contribution is -0.128. The average molecular weight is 416 g/mol. The Morgan fingerprint density at radius 1 is 1.30 bits per heavy atom. The molecule has 2 aromatic rings. The third-order valence-corrected chi connectivity index (χ3v) is 4.21. The van der Waals surface area contributed by atoms with Gasteiger partial charge in [-0.25, -0.2) is 0 Å². The van der Waals surface area contributed by atoms with Crippen LogP contribution in [-0.2, 0) is 9.59 Å². The van der Waals surface area contributed by atoms with Crippen molar-refractivity contribution >= 4 is 56.8 Å². The van der Waals surface area contributed by atoms with Crippen molar-refractivity contribution < 1.29 is 14.3 Å². The van der Waals surface area contributed by atoms with Crippen molar-refractivity contribution in [2.45, 2.75) is 0 Å². The number of carbonyl (C=O) groups excluding carboxylic acids is 2. The minimum absolute atomic E-state index is 0.241. The Bertz CT molecular complexity index is 720. The van der Waals surface area contributed by atoms with E-state index < -0.39 is 11.8 Å². The molecule has 120 valence electrons. The quantitative estimate of drug-likeness (QED) is 0.581. The van der Waals surface area contributed by atoms with Gasteiger partial charge in [-0.1, -0.05) is 17.7 Å². The maximum Gasteiger partial charge on any atom is 0.276 e. The van der Waals surface area contributed by atoms with Crippen LogP contribution in [0.4, 0.5) is 0 Å². The monoisotopic (exact) mass is 414 g/mol. The molecule has 23 heavy (non-hydrogen) atoms. The number of hydrogen-bond donors (Lipinski definition) is 2. The van der Waals surface area contributed by atoms with Crippen LogP contribution in [-0.4, -0.2) is 18.4 Å². The number of amides is 2. The van der Waals surface area contributed by atoms with Gasteiger partial charge >= 0.3 is 0 Å². The van der Waals surface area contributed by atoms with E-state index in [0.717, 1.165) is 4.88 Å². The zero-order valence-electron chi connectivity index (χ0n) is 11.7. The van der Waals surface area contributed by atoms with E-state index in [-0.39, 0.29) is 6.61 Å².